The van der Waals surface area contributed by atoms with Crippen LogP contribution in [0.2, 0.25) is 0 Å². The Morgan fingerprint density at radius 2 is 1.97 bits per heavy atom. The molecule has 0 saturated heterocycles. The molecule has 0 aliphatic heterocycles. The molecule has 2 aromatic carbocycles. The Morgan fingerprint density at radius 1 is 1.24 bits per heavy atom. The highest BCUT2D eigenvalue weighted by atomic mass is 32.2. The molecule has 29 heavy (non-hydrogen) atoms. The number of nitrogens with one attached hydrogen (secondary N) is 1. The van der Waals surface area contributed by atoms with Crippen LogP contribution >= 0.6 is 11.8 Å². The van der Waals surface area contributed by atoms with Crippen LogP contribution < -0.4 is 10.1 Å². The lowest BCUT2D eigenvalue weighted by Crippen LogP contribution is -2.23. The molecule has 0 aliphatic carbocycles. The number of rotatable bonds is 7. The second kappa shape index (κ2) is 8.74. The zero-order valence-corrected chi connectivity index (χ0v) is 16.8. The Bertz CT molecular complexity index is 1040. The molecule has 1 atom stereocenters. The average Bonchev–Trinajstić information content (AvgIpc) is 3.08. The number of carbonyl (C=O) groups is 1. The third kappa shape index (κ3) is 4.54. The van der Waals surface area contributed by atoms with E-state index in [1.165, 1.54) is 31.0 Å². The molecule has 1 heterocycles. The molecule has 0 aliphatic rings. The van der Waals surface area contributed by atoms with E-state index in [1.54, 1.807) is 17.6 Å². The smallest absolute Gasteiger partial charge is 0.296 e. The van der Waals surface area contributed by atoms with Gasteiger partial charge < -0.3 is 14.6 Å². The average molecular weight is 413 g/mol. The molecule has 1 N–H and O–H groups in total. The van der Waals surface area contributed by atoms with Crippen molar-refractivity contribution in [1.29, 1.82) is 0 Å². The van der Waals surface area contributed by atoms with E-state index in [1.807, 2.05) is 37.4 Å². The second-order valence-corrected chi connectivity index (χ2v) is 7.43. The van der Waals surface area contributed by atoms with Crippen molar-refractivity contribution in [2.75, 3.05) is 12.4 Å². The fourth-order valence-electron chi connectivity index (χ4n) is 2.60. The van der Waals surface area contributed by atoms with Crippen LogP contribution in [-0.2, 0) is 11.8 Å². The Balaban J connectivity index is 1.74. The third-order valence-corrected chi connectivity index (χ3v) is 5.31. The summed E-state index contributed by atoms with van der Waals surface area (Å²) in [6.07, 6.45) is 0. The monoisotopic (exact) mass is 413 g/mol. The Hall–Kier alpha value is -3.40. The molecule has 10 heteroatoms. The summed E-state index contributed by atoms with van der Waals surface area (Å²) in [5.74, 6) is 0.642. The molecule has 3 aromatic rings. The van der Waals surface area contributed by atoms with Gasteiger partial charge in [0.2, 0.25) is 5.91 Å². The standard InChI is InChI=1S/C19H19N5O4S/c1-12(18(25)20-15-10-9-14(28-3)11-16(15)24(26)27)29-19-22-21-17(23(19)2)13-7-5-4-6-8-13/h4-12H,1-3H3,(H,20,25)/t12-/m0/s1. The van der Waals surface area contributed by atoms with Gasteiger partial charge in [-0.15, -0.1) is 10.2 Å². The number of hydrogen-bond donors (Lipinski definition) is 1. The summed E-state index contributed by atoms with van der Waals surface area (Å²) in [4.78, 5) is 23.3. The fraction of sp³-hybridized carbons (Fsp3) is 0.211. The molecule has 3 rings (SSSR count). The Kier molecular flexibility index (Phi) is 6.13. The SMILES string of the molecule is COc1ccc(NC(=O)[C@H](C)Sc2nnc(-c3ccccc3)n2C)c([N+](=O)[O-])c1. The molecule has 1 amide bonds. The molecule has 9 nitrogen and oxygen atoms in total. The van der Waals surface area contributed by atoms with E-state index in [-0.39, 0.29) is 17.3 Å². The van der Waals surface area contributed by atoms with Gasteiger partial charge in [0.25, 0.3) is 5.69 Å². The van der Waals surface area contributed by atoms with Gasteiger partial charge in [0, 0.05) is 12.6 Å². The van der Waals surface area contributed by atoms with Crippen molar-refractivity contribution in [2.24, 2.45) is 7.05 Å². The first kappa shape index (κ1) is 20.3. The Labute approximate surface area is 171 Å². The molecule has 0 unspecified atom stereocenters. The molecular formula is C19H19N5O4S. The number of hydrogen-bond acceptors (Lipinski definition) is 7. The number of ether oxygens (including phenoxy) is 1. The van der Waals surface area contributed by atoms with Crippen molar-refractivity contribution in [3.63, 3.8) is 0 Å². The lowest BCUT2D eigenvalue weighted by molar-refractivity contribution is -0.384. The number of carbonyl (C=O) groups excluding carboxylic acids is 1. The van der Waals surface area contributed by atoms with Gasteiger partial charge in [-0.05, 0) is 19.1 Å². The number of benzene rings is 2. The second-order valence-electron chi connectivity index (χ2n) is 6.12. The van der Waals surface area contributed by atoms with Crippen LogP contribution in [0.3, 0.4) is 0 Å². The van der Waals surface area contributed by atoms with E-state index < -0.39 is 10.2 Å². The maximum Gasteiger partial charge on any atom is 0.296 e. The van der Waals surface area contributed by atoms with Crippen molar-refractivity contribution in [2.45, 2.75) is 17.3 Å². The molecule has 0 saturated carbocycles. The highest BCUT2D eigenvalue weighted by Crippen LogP contribution is 2.31. The number of aromatic nitrogens is 3. The predicted molar refractivity (Wildman–Crippen MR) is 110 cm³/mol. The van der Waals surface area contributed by atoms with Crippen molar-refractivity contribution >= 4 is 29.0 Å². The Morgan fingerprint density at radius 3 is 2.62 bits per heavy atom. The fourth-order valence-corrected chi connectivity index (χ4v) is 3.41. The highest BCUT2D eigenvalue weighted by Gasteiger charge is 2.23. The van der Waals surface area contributed by atoms with Crippen molar-refractivity contribution in [3.8, 4) is 17.1 Å². The summed E-state index contributed by atoms with van der Waals surface area (Å²) in [5, 5.41) is 22.3. The number of methoxy groups -OCH3 is 1. The molecule has 0 fully saturated rings. The summed E-state index contributed by atoms with van der Waals surface area (Å²) in [5.41, 5.74) is 0.788. The van der Waals surface area contributed by atoms with Crippen LogP contribution in [0.15, 0.2) is 53.7 Å². The minimum atomic E-state index is -0.565. The first-order chi connectivity index (χ1) is 13.9. The number of anilines is 1. The van der Waals surface area contributed by atoms with Crippen molar-refractivity contribution in [3.05, 3.63) is 58.6 Å². The van der Waals surface area contributed by atoms with Crippen LogP contribution in [-0.4, -0.2) is 38.0 Å². The number of nitro groups is 1. The van der Waals surface area contributed by atoms with Gasteiger partial charge in [0.1, 0.15) is 11.4 Å². The van der Waals surface area contributed by atoms with Gasteiger partial charge >= 0.3 is 0 Å². The van der Waals surface area contributed by atoms with Crippen LogP contribution in [0, 0.1) is 10.1 Å². The number of thioether (sulfide) groups is 1. The van der Waals surface area contributed by atoms with Crippen molar-refractivity contribution < 1.29 is 14.5 Å². The number of amides is 1. The highest BCUT2D eigenvalue weighted by molar-refractivity contribution is 8.00. The van der Waals surface area contributed by atoms with Crippen molar-refractivity contribution in [1.82, 2.24) is 14.8 Å². The zero-order chi connectivity index (χ0) is 21.0. The lowest BCUT2D eigenvalue weighted by Gasteiger charge is -2.12. The van der Waals surface area contributed by atoms with Crippen LogP contribution in [0.4, 0.5) is 11.4 Å². The number of nitrogens with zero attached hydrogens (tertiary/aromatic N) is 4. The molecule has 0 radical (unpaired) electrons. The summed E-state index contributed by atoms with van der Waals surface area (Å²) >= 11 is 1.22. The first-order valence-electron chi connectivity index (χ1n) is 8.65. The van der Waals surface area contributed by atoms with Gasteiger partial charge in [-0.2, -0.15) is 0 Å². The summed E-state index contributed by atoms with van der Waals surface area (Å²) in [6, 6.07) is 13.9. The largest absolute Gasteiger partial charge is 0.496 e. The number of nitro benzene ring substituents is 1. The van der Waals surface area contributed by atoms with E-state index in [0.717, 1.165) is 5.56 Å². The zero-order valence-electron chi connectivity index (χ0n) is 16.0. The molecule has 1 aromatic heterocycles. The summed E-state index contributed by atoms with van der Waals surface area (Å²) in [7, 11) is 3.24. The lowest BCUT2D eigenvalue weighted by atomic mass is 10.2. The van der Waals surface area contributed by atoms with Gasteiger partial charge in [0.05, 0.1) is 23.3 Å². The van der Waals surface area contributed by atoms with Crippen LogP contribution in [0.1, 0.15) is 6.92 Å². The third-order valence-electron chi connectivity index (χ3n) is 4.18. The van der Waals surface area contributed by atoms with E-state index in [0.29, 0.717) is 16.7 Å². The molecule has 0 spiro atoms. The minimum absolute atomic E-state index is 0.108. The topological polar surface area (TPSA) is 112 Å². The van der Waals surface area contributed by atoms with E-state index in [9.17, 15) is 14.9 Å². The van der Waals surface area contributed by atoms with Gasteiger partial charge in [0.15, 0.2) is 11.0 Å². The quantitative estimate of drug-likeness (QED) is 0.358. The summed E-state index contributed by atoms with van der Waals surface area (Å²) in [6.45, 7) is 1.70. The van der Waals surface area contributed by atoms with E-state index in [2.05, 4.69) is 15.5 Å². The predicted octanol–water partition coefficient (Wildman–Crippen LogP) is 3.52. The van der Waals surface area contributed by atoms with Crippen LogP contribution in [0.5, 0.6) is 5.75 Å². The molecule has 150 valence electrons. The maximum atomic E-state index is 12.6. The van der Waals surface area contributed by atoms with Gasteiger partial charge in [-0.3, -0.25) is 14.9 Å². The molecular weight excluding hydrogens is 394 g/mol. The van der Waals surface area contributed by atoms with E-state index in [4.69, 9.17) is 4.74 Å². The minimum Gasteiger partial charge on any atom is -0.496 e. The molecule has 0 bridgehead atoms. The normalized spacial score (nSPS) is 11.7. The van der Waals surface area contributed by atoms with Crippen LogP contribution in [0.25, 0.3) is 11.4 Å². The van der Waals surface area contributed by atoms with E-state index >= 15 is 0 Å². The summed E-state index contributed by atoms with van der Waals surface area (Å²) < 4.78 is 6.81. The van der Waals surface area contributed by atoms with Gasteiger partial charge in [-0.1, -0.05) is 42.1 Å². The first-order valence-corrected chi connectivity index (χ1v) is 9.53. The van der Waals surface area contributed by atoms with Gasteiger partial charge in [-0.25, -0.2) is 0 Å². The maximum absolute atomic E-state index is 12.6.